The second kappa shape index (κ2) is 3.52. The highest BCUT2D eigenvalue weighted by atomic mass is 16.3. The third-order valence-corrected chi connectivity index (χ3v) is 2.72. The SMILES string of the molecule is NC1CCC(=O)c2cccc(CO)c21. The minimum atomic E-state index is -0.106. The van der Waals surface area contributed by atoms with Crippen LogP contribution in [0.1, 0.15) is 40.4 Å². The minimum Gasteiger partial charge on any atom is -0.392 e. The molecule has 1 aromatic rings. The van der Waals surface area contributed by atoms with E-state index in [4.69, 9.17) is 10.8 Å². The summed E-state index contributed by atoms with van der Waals surface area (Å²) in [6.07, 6.45) is 1.20. The molecule has 0 spiro atoms. The Labute approximate surface area is 82.5 Å². The average molecular weight is 191 g/mol. The van der Waals surface area contributed by atoms with Crippen molar-refractivity contribution < 1.29 is 9.90 Å². The van der Waals surface area contributed by atoms with Crippen LogP contribution >= 0.6 is 0 Å². The van der Waals surface area contributed by atoms with Crippen molar-refractivity contribution in [1.82, 2.24) is 0 Å². The van der Waals surface area contributed by atoms with Crippen LogP contribution in [-0.2, 0) is 6.61 Å². The van der Waals surface area contributed by atoms with E-state index in [2.05, 4.69) is 0 Å². The molecule has 0 heterocycles. The summed E-state index contributed by atoms with van der Waals surface area (Å²) in [6, 6.07) is 5.29. The summed E-state index contributed by atoms with van der Waals surface area (Å²) in [5, 5.41) is 9.13. The van der Waals surface area contributed by atoms with E-state index in [1.165, 1.54) is 0 Å². The number of fused-ring (bicyclic) bond motifs is 1. The van der Waals surface area contributed by atoms with Gasteiger partial charge in [0.2, 0.25) is 0 Å². The predicted octanol–water partition coefficient (Wildman–Crippen LogP) is 1.16. The van der Waals surface area contributed by atoms with Crippen LogP contribution in [0.15, 0.2) is 18.2 Å². The number of aliphatic hydroxyl groups is 1. The van der Waals surface area contributed by atoms with Crippen molar-refractivity contribution in [2.75, 3.05) is 0 Å². The highest BCUT2D eigenvalue weighted by Crippen LogP contribution is 2.30. The summed E-state index contributed by atoms with van der Waals surface area (Å²) >= 11 is 0. The fraction of sp³-hybridized carbons (Fsp3) is 0.364. The molecule has 3 nitrogen and oxygen atoms in total. The van der Waals surface area contributed by atoms with Gasteiger partial charge in [-0.15, -0.1) is 0 Å². The molecule has 0 aliphatic heterocycles. The van der Waals surface area contributed by atoms with Crippen LogP contribution in [0.4, 0.5) is 0 Å². The molecule has 1 atom stereocenters. The lowest BCUT2D eigenvalue weighted by molar-refractivity contribution is 0.0966. The summed E-state index contributed by atoms with van der Waals surface area (Å²) in [4.78, 5) is 11.6. The number of carbonyl (C=O) groups is 1. The van der Waals surface area contributed by atoms with E-state index in [1.807, 2.05) is 6.07 Å². The number of ketones is 1. The molecule has 0 fully saturated rings. The highest BCUT2D eigenvalue weighted by molar-refractivity contribution is 5.99. The van der Waals surface area contributed by atoms with Gasteiger partial charge in [0.15, 0.2) is 5.78 Å². The normalized spacial score (nSPS) is 20.7. The molecule has 1 unspecified atom stereocenters. The molecule has 3 N–H and O–H groups in total. The molecule has 2 rings (SSSR count). The van der Waals surface area contributed by atoms with Crippen molar-refractivity contribution in [3.8, 4) is 0 Å². The van der Waals surface area contributed by atoms with Gasteiger partial charge < -0.3 is 10.8 Å². The maximum absolute atomic E-state index is 11.6. The Morgan fingerprint density at radius 1 is 1.50 bits per heavy atom. The van der Waals surface area contributed by atoms with Gasteiger partial charge >= 0.3 is 0 Å². The minimum absolute atomic E-state index is 0.0514. The summed E-state index contributed by atoms with van der Waals surface area (Å²) in [5.41, 5.74) is 8.23. The zero-order valence-electron chi connectivity index (χ0n) is 7.86. The monoisotopic (exact) mass is 191 g/mol. The Kier molecular flexibility index (Phi) is 2.35. The van der Waals surface area contributed by atoms with Gasteiger partial charge in [-0.3, -0.25) is 4.79 Å². The fourth-order valence-electron chi connectivity index (χ4n) is 2.00. The molecule has 14 heavy (non-hydrogen) atoms. The largest absolute Gasteiger partial charge is 0.392 e. The summed E-state index contributed by atoms with van der Waals surface area (Å²) in [7, 11) is 0. The van der Waals surface area contributed by atoms with Gasteiger partial charge in [-0.25, -0.2) is 0 Å². The van der Waals surface area contributed by atoms with Crippen molar-refractivity contribution >= 4 is 5.78 Å². The second-order valence-electron chi connectivity index (χ2n) is 3.60. The molecule has 1 aliphatic rings. The Hall–Kier alpha value is -1.19. The maximum Gasteiger partial charge on any atom is 0.163 e. The summed E-state index contributed by atoms with van der Waals surface area (Å²) in [5.74, 6) is 0.136. The van der Waals surface area contributed by atoms with Gasteiger partial charge in [-0.2, -0.15) is 0 Å². The summed E-state index contributed by atoms with van der Waals surface area (Å²) in [6.45, 7) is -0.0514. The smallest absolute Gasteiger partial charge is 0.163 e. The Morgan fingerprint density at radius 2 is 2.29 bits per heavy atom. The van der Waals surface area contributed by atoms with Gasteiger partial charge in [0.25, 0.3) is 0 Å². The number of aliphatic hydroxyl groups excluding tert-OH is 1. The number of nitrogens with two attached hydrogens (primary N) is 1. The van der Waals surface area contributed by atoms with E-state index < -0.39 is 0 Å². The van der Waals surface area contributed by atoms with Crippen molar-refractivity contribution in [2.24, 2.45) is 5.73 Å². The molecule has 0 bridgehead atoms. The standard InChI is InChI=1S/C11H13NO2/c12-9-4-5-10(14)8-3-1-2-7(6-13)11(8)9/h1-3,9,13H,4-6,12H2. The molecule has 1 aromatic carbocycles. The van der Waals surface area contributed by atoms with Crippen molar-refractivity contribution in [3.05, 3.63) is 34.9 Å². The highest BCUT2D eigenvalue weighted by Gasteiger charge is 2.24. The van der Waals surface area contributed by atoms with Crippen LogP contribution in [0.2, 0.25) is 0 Å². The van der Waals surface area contributed by atoms with Crippen LogP contribution in [0.3, 0.4) is 0 Å². The predicted molar refractivity (Wildman–Crippen MR) is 52.9 cm³/mol. The topological polar surface area (TPSA) is 63.3 Å². The maximum atomic E-state index is 11.6. The van der Waals surface area contributed by atoms with E-state index >= 15 is 0 Å². The lowest BCUT2D eigenvalue weighted by Gasteiger charge is -2.23. The number of carbonyl (C=O) groups excluding carboxylic acids is 1. The zero-order valence-corrected chi connectivity index (χ0v) is 7.86. The Bertz CT molecular complexity index is 374. The van der Waals surface area contributed by atoms with Crippen LogP contribution in [-0.4, -0.2) is 10.9 Å². The Morgan fingerprint density at radius 3 is 3.00 bits per heavy atom. The lowest BCUT2D eigenvalue weighted by atomic mass is 9.84. The molecular weight excluding hydrogens is 178 g/mol. The average Bonchev–Trinajstić information content (AvgIpc) is 2.23. The molecule has 0 radical (unpaired) electrons. The second-order valence-corrected chi connectivity index (χ2v) is 3.60. The number of Topliss-reactive ketones (excluding diaryl/α,β-unsaturated/α-hetero) is 1. The van der Waals surface area contributed by atoms with Gasteiger partial charge in [0.1, 0.15) is 0 Å². The van der Waals surface area contributed by atoms with Gasteiger partial charge in [-0.1, -0.05) is 18.2 Å². The quantitative estimate of drug-likeness (QED) is 0.700. The van der Waals surface area contributed by atoms with Crippen LogP contribution in [0.5, 0.6) is 0 Å². The number of rotatable bonds is 1. The van der Waals surface area contributed by atoms with Crippen LogP contribution in [0.25, 0.3) is 0 Å². The van der Waals surface area contributed by atoms with Gasteiger partial charge in [0, 0.05) is 18.0 Å². The van der Waals surface area contributed by atoms with Crippen molar-refractivity contribution in [1.29, 1.82) is 0 Å². The Balaban J connectivity index is 2.60. The molecule has 1 aliphatic carbocycles. The molecule has 74 valence electrons. The van der Waals surface area contributed by atoms with Gasteiger partial charge in [0.05, 0.1) is 6.61 Å². The van der Waals surface area contributed by atoms with E-state index in [1.54, 1.807) is 12.1 Å². The van der Waals surface area contributed by atoms with Gasteiger partial charge in [-0.05, 0) is 17.5 Å². The first kappa shape index (κ1) is 9.37. The fourth-order valence-corrected chi connectivity index (χ4v) is 2.00. The molecule has 3 heteroatoms. The molecule has 0 aromatic heterocycles. The third-order valence-electron chi connectivity index (χ3n) is 2.72. The summed E-state index contributed by atoms with van der Waals surface area (Å²) < 4.78 is 0. The molecule has 0 saturated heterocycles. The van der Waals surface area contributed by atoms with E-state index in [9.17, 15) is 4.79 Å². The van der Waals surface area contributed by atoms with Crippen molar-refractivity contribution in [3.63, 3.8) is 0 Å². The number of benzene rings is 1. The first-order chi connectivity index (χ1) is 6.74. The van der Waals surface area contributed by atoms with E-state index in [-0.39, 0.29) is 18.4 Å². The van der Waals surface area contributed by atoms with E-state index in [0.29, 0.717) is 18.4 Å². The third kappa shape index (κ3) is 1.35. The first-order valence-electron chi connectivity index (χ1n) is 4.75. The molecular formula is C11H13NO2. The van der Waals surface area contributed by atoms with E-state index in [0.717, 1.165) is 11.1 Å². The van der Waals surface area contributed by atoms with Crippen LogP contribution in [0, 0.1) is 0 Å². The first-order valence-corrected chi connectivity index (χ1v) is 4.75. The van der Waals surface area contributed by atoms with Crippen molar-refractivity contribution in [2.45, 2.75) is 25.5 Å². The number of hydrogen-bond acceptors (Lipinski definition) is 3. The molecule has 0 saturated carbocycles. The number of hydrogen-bond donors (Lipinski definition) is 2. The molecule has 0 amide bonds. The lowest BCUT2D eigenvalue weighted by Crippen LogP contribution is -2.23. The zero-order chi connectivity index (χ0) is 10.1. The van der Waals surface area contributed by atoms with Crippen LogP contribution < -0.4 is 5.73 Å².